The predicted octanol–water partition coefficient (Wildman–Crippen LogP) is 1.65. The van der Waals surface area contributed by atoms with Gasteiger partial charge in [0.1, 0.15) is 12.1 Å². The first-order valence-electron chi connectivity index (χ1n) is 8.90. The van der Waals surface area contributed by atoms with Gasteiger partial charge >= 0.3 is 0 Å². The Morgan fingerprint density at radius 1 is 0.885 bits per heavy atom. The molecule has 1 fully saturated rings. The van der Waals surface area contributed by atoms with Crippen LogP contribution in [0.25, 0.3) is 5.82 Å². The zero-order valence-electron chi connectivity index (χ0n) is 15.1. The molecule has 1 aliphatic rings. The van der Waals surface area contributed by atoms with Crippen molar-refractivity contribution in [2.75, 3.05) is 36.0 Å². The maximum absolute atomic E-state index is 4.41. The van der Waals surface area contributed by atoms with E-state index in [-0.39, 0.29) is 0 Å². The number of hydrogen-bond acceptors (Lipinski definition) is 7. The first-order chi connectivity index (χ1) is 12.7. The summed E-state index contributed by atoms with van der Waals surface area (Å²) in [6.07, 6.45) is 4.47. The van der Waals surface area contributed by atoms with E-state index in [4.69, 9.17) is 0 Å². The molecule has 0 N–H and O–H groups in total. The van der Waals surface area contributed by atoms with E-state index in [2.05, 4.69) is 48.1 Å². The van der Waals surface area contributed by atoms with Crippen molar-refractivity contribution in [3.05, 3.63) is 48.2 Å². The van der Waals surface area contributed by atoms with Crippen molar-refractivity contribution in [1.82, 2.24) is 29.9 Å². The lowest BCUT2D eigenvalue weighted by Gasteiger charge is -2.35. The van der Waals surface area contributed by atoms with E-state index < -0.39 is 0 Å². The number of piperazine rings is 1. The minimum Gasteiger partial charge on any atom is -0.353 e. The third kappa shape index (κ3) is 3.35. The Morgan fingerprint density at radius 3 is 2.19 bits per heavy atom. The van der Waals surface area contributed by atoms with Crippen LogP contribution >= 0.6 is 0 Å². The highest BCUT2D eigenvalue weighted by Crippen LogP contribution is 2.18. The van der Waals surface area contributed by atoms with Gasteiger partial charge in [-0.25, -0.2) is 14.6 Å². The Hall–Kier alpha value is -3.03. The van der Waals surface area contributed by atoms with Crippen molar-refractivity contribution < 1.29 is 0 Å². The molecule has 1 aliphatic heterocycles. The minimum absolute atomic E-state index is 0.730. The largest absolute Gasteiger partial charge is 0.353 e. The van der Waals surface area contributed by atoms with Gasteiger partial charge in [0.2, 0.25) is 0 Å². The van der Waals surface area contributed by atoms with E-state index in [1.54, 1.807) is 11.0 Å². The first-order valence-corrected chi connectivity index (χ1v) is 8.90. The summed E-state index contributed by atoms with van der Waals surface area (Å²) in [6.45, 7) is 7.65. The Morgan fingerprint density at radius 2 is 1.58 bits per heavy atom. The molecule has 0 aliphatic carbocycles. The summed E-state index contributed by atoms with van der Waals surface area (Å²) in [5.74, 6) is 2.63. The van der Waals surface area contributed by atoms with Crippen molar-refractivity contribution in [2.45, 2.75) is 20.3 Å². The molecule has 0 unspecified atom stereocenters. The van der Waals surface area contributed by atoms with E-state index in [0.29, 0.717) is 0 Å². The molecule has 0 spiro atoms. The number of aryl methyl sites for hydroxylation is 2. The third-order valence-electron chi connectivity index (χ3n) is 4.59. The third-order valence-corrected chi connectivity index (χ3v) is 4.59. The summed E-state index contributed by atoms with van der Waals surface area (Å²) < 4.78 is 1.74. The van der Waals surface area contributed by atoms with Crippen molar-refractivity contribution in [2.24, 2.45) is 0 Å². The molecular weight excluding hydrogens is 328 g/mol. The zero-order valence-corrected chi connectivity index (χ0v) is 15.1. The normalized spacial score (nSPS) is 14.7. The lowest BCUT2D eigenvalue weighted by molar-refractivity contribution is 0.635. The average Bonchev–Trinajstić information content (AvgIpc) is 3.15. The maximum atomic E-state index is 4.41. The maximum Gasteiger partial charge on any atom is 0.175 e. The van der Waals surface area contributed by atoms with Gasteiger partial charge in [0.25, 0.3) is 0 Å². The van der Waals surface area contributed by atoms with Crippen molar-refractivity contribution in [1.29, 1.82) is 0 Å². The lowest BCUT2D eigenvalue weighted by atomic mass is 10.2. The zero-order chi connectivity index (χ0) is 17.9. The fourth-order valence-electron chi connectivity index (χ4n) is 3.07. The second-order valence-corrected chi connectivity index (χ2v) is 6.35. The molecule has 0 bridgehead atoms. The van der Waals surface area contributed by atoms with Crippen LogP contribution in [0.5, 0.6) is 0 Å². The summed E-state index contributed by atoms with van der Waals surface area (Å²) in [5, 5.41) is 13.1. The van der Waals surface area contributed by atoms with Crippen LogP contribution in [0.1, 0.15) is 18.3 Å². The van der Waals surface area contributed by atoms with Crippen LogP contribution in [0.3, 0.4) is 0 Å². The van der Waals surface area contributed by atoms with Crippen LogP contribution in [-0.4, -0.2) is 56.1 Å². The number of nitrogens with zero attached hydrogens (tertiary/aromatic N) is 8. The molecule has 8 nitrogen and oxygen atoms in total. The second kappa shape index (κ2) is 7.07. The van der Waals surface area contributed by atoms with Crippen LogP contribution in [0.15, 0.2) is 36.8 Å². The minimum atomic E-state index is 0.730. The summed E-state index contributed by atoms with van der Waals surface area (Å²) in [6, 6.07) is 8.00. The van der Waals surface area contributed by atoms with Gasteiger partial charge in [0.15, 0.2) is 11.6 Å². The van der Waals surface area contributed by atoms with Gasteiger partial charge in [-0.15, -0.1) is 10.2 Å². The van der Waals surface area contributed by atoms with Gasteiger partial charge < -0.3 is 9.80 Å². The Bertz CT molecular complexity index is 865. The molecule has 0 amide bonds. The predicted molar refractivity (Wildman–Crippen MR) is 99.7 cm³/mol. The monoisotopic (exact) mass is 350 g/mol. The Balaban J connectivity index is 1.41. The topological polar surface area (TPSA) is 75.9 Å². The molecule has 0 aromatic carbocycles. The summed E-state index contributed by atoms with van der Waals surface area (Å²) in [4.78, 5) is 13.2. The van der Waals surface area contributed by atoms with Crippen molar-refractivity contribution >= 4 is 11.6 Å². The molecule has 0 atom stereocenters. The van der Waals surface area contributed by atoms with Crippen molar-refractivity contribution in [3.63, 3.8) is 0 Å². The molecule has 3 aromatic heterocycles. The fraction of sp³-hybridized carbons (Fsp3) is 0.389. The summed E-state index contributed by atoms with van der Waals surface area (Å²) in [5.41, 5.74) is 2.04. The quantitative estimate of drug-likeness (QED) is 0.708. The summed E-state index contributed by atoms with van der Waals surface area (Å²) >= 11 is 0. The van der Waals surface area contributed by atoms with Gasteiger partial charge in [-0.3, -0.25) is 0 Å². The van der Waals surface area contributed by atoms with Gasteiger partial charge in [-0.2, -0.15) is 5.10 Å². The number of hydrogen-bond donors (Lipinski definition) is 0. The van der Waals surface area contributed by atoms with E-state index in [0.717, 1.165) is 61.4 Å². The van der Waals surface area contributed by atoms with Gasteiger partial charge in [-0.05, 0) is 31.5 Å². The van der Waals surface area contributed by atoms with Crippen molar-refractivity contribution in [3.8, 4) is 5.82 Å². The van der Waals surface area contributed by atoms with E-state index in [1.807, 2.05) is 31.3 Å². The van der Waals surface area contributed by atoms with Crippen LogP contribution in [0.2, 0.25) is 0 Å². The standard InChI is InChI=1S/C18H22N8/c1-3-15-12-18(20-13-19-15)25-10-8-24(9-11-25)16-4-5-17(22-21-16)26-7-6-14(2)23-26/h4-7,12-13H,3,8-11H2,1-2H3. The Kier molecular flexibility index (Phi) is 4.47. The number of rotatable bonds is 4. The van der Waals surface area contributed by atoms with E-state index in [1.165, 1.54) is 0 Å². The smallest absolute Gasteiger partial charge is 0.175 e. The van der Waals surface area contributed by atoms with Crippen LogP contribution in [-0.2, 0) is 6.42 Å². The van der Waals surface area contributed by atoms with E-state index in [9.17, 15) is 0 Å². The van der Waals surface area contributed by atoms with Crippen LogP contribution in [0, 0.1) is 6.92 Å². The summed E-state index contributed by atoms with van der Waals surface area (Å²) in [7, 11) is 0. The number of aromatic nitrogens is 6. The lowest BCUT2D eigenvalue weighted by Crippen LogP contribution is -2.47. The van der Waals surface area contributed by atoms with Gasteiger partial charge in [0.05, 0.1) is 5.69 Å². The molecule has 0 radical (unpaired) electrons. The number of anilines is 2. The fourth-order valence-corrected chi connectivity index (χ4v) is 3.07. The average molecular weight is 350 g/mol. The highest BCUT2D eigenvalue weighted by molar-refractivity contribution is 5.45. The van der Waals surface area contributed by atoms with Gasteiger partial charge in [0, 0.05) is 44.1 Å². The molecule has 26 heavy (non-hydrogen) atoms. The van der Waals surface area contributed by atoms with E-state index >= 15 is 0 Å². The molecule has 8 heteroatoms. The molecule has 1 saturated heterocycles. The highest BCUT2D eigenvalue weighted by atomic mass is 15.4. The first kappa shape index (κ1) is 16.4. The van der Waals surface area contributed by atoms with Crippen LogP contribution < -0.4 is 9.80 Å². The molecule has 134 valence electrons. The van der Waals surface area contributed by atoms with Crippen LogP contribution in [0.4, 0.5) is 11.6 Å². The molecule has 4 heterocycles. The molecule has 4 rings (SSSR count). The molecule has 0 saturated carbocycles. The Labute approximate surface area is 152 Å². The second-order valence-electron chi connectivity index (χ2n) is 6.35. The SMILES string of the molecule is CCc1cc(N2CCN(c3ccc(-n4ccc(C)n4)nn3)CC2)ncn1. The van der Waals surface area contributed by atoms with Gasteiger partial charge in [-0.1, -0.05) is 6.92 Å². The molecular formula is C18H22N8. The highest BCUT2D eigenvalue weighted by Gasteiger charge is 2.19. The molecule has 3 aromatic rings.